The van der Waals surface area contributed by atoms with E-state index in [1.165, 1.54) is 6.92 Å². The van der Waals surface area contributed by atoms with Crippen molar-refractivity contribution in [2.75, 3.05) is 6.61 Å². The van der Waals surface area contributed by atoms with Crippen LogP contribution >= 0.6 is 0 Å². The summed E-state index contributed by atoms with van der Waals surface area (Å²) in [6.07, 6.45) is 0.0920. The second-order valence-electron chi connectivity index (χ2n) is 2.51. The molecule has 0 saturated heterocycles. The largest absolute Gasteiger partial charge is 0.475 e. The smallest absolute Gasteiger partial charge is 0.463 e. The first-order chi connectivity index (χ1) is 7.06. The van der Waals surface area contributed by atoms with E-state index < -0.39 is 18.0 Å². The van der Waals surface area contributed by atoms with Gasteiger partial charge in [-0.05, 0) is 13.8 Å². The van der Waals surface area contributed by atoms with Crippen molar-refractivity contribution >= 4 is 5.97 Å². The van der Waals surface area contributed by atoms with Gasteiger partial charge in [0.1, 0.15) is 0 Å². The summed E-state index contributed by atoms with van der Waals surface area (Å²) in [6.45, 7) is 6.54. The molecule has 0 fully saturated rings. The van der Waals surface area contributed by atoms with E-state index in [0.717, 1.165) is 6.08 Å². The highest BCUT2D eigenvalue weighted by molar-refractivity contribution is 5.74. The van der Waals surface area contributed by atoms with Crippen LogP contribution in [0.5, 0.6) is 0 Å². The minimum Gasteiger partial charge on any atom is -0.475 e. The number of ether oxygens (including phenoxy) is 2. The van der Waals surface area contributed by atoms with Gasteiger partial charge < -0.3 is 14.6 Å². The summed E-state index contributed by atoms with van der Waals surface area (Å²) in [5, 5.41) is 17.6. The van der Waals surface area contributed by atoms with Crippen molar-refractivity contribution in [2.45, 2.75) is 20.0 Å². The molecule has 1 atom stereocenters. The number of hydrogen-bond acceptors (Lipinski definition) is 5. The van der Waals surface area contributed by atoms with Gasteiger partial charge in [0.2, 0.25) is 5.39 Å². The van der Waals surface area contributed by atoms with Gasteiger partial charge >= 0.3 is 17.6 Å². The Bertz CT molecular complexity index is 317. The molecule has 1 N–H and O–H groups in total. The molecule has 0 amide bonds. The lowest BCUT2D eigenvalue weighted by molar-refractivity contribution is -0.155. The van der Waals surface area contributed by atoms with Crippen LogP contribution in [0.2, 0.25) is 0 Å². The van der Waals surface area contributed by atoms with Crippen LogP contribution in [0, 0.1) is 5.39 Å². The second-order valence-corrected chi connectivity index (χ2v) is 2.51. The first-order valence-corrected chi connectivity index (χ1v) is 4.30. The lowest BCUT2D eigenvalue weighted by Gasteiger charge is -2.10. The van der Waals surface area contributed by atoms with Gasteiger partial charge in [0.15, 0.2) is 11.1 Å². The predicted octanol–water partition coefficient (Wildman–Crippen LogP) is 1.72. The third-order valence-corrected chi connectivity index (χ3v) is 1.43. The number of aliphatic hydroxyl groups is 1. The Labute approximate surface area is 87.4 Å². The van der Waals surface area contributed by atoms with Gasteiger partial charge in [0.25, 0.3) is 0 Å². The lowest BCUT2D eigenvalue weighted by atomic mass is 10.4. The number of carbonyl (C=O) groups excluding carboxylic acids is 1. The lowest BCUT2D eigenvalue weighted by Crippen LogP contribution is -2.23. The highest BCUT2D eigenvalue weighted by atomic mass is 16.6. The molecule has 0 bridgehead atoms. The molecule has 0 spiro atoms. The molecule has 0 radical (unpaired) electrons. The van der Waals surface area contributed by atoms with Crippen molar-refractivity contribution in [3.63, 3.8) is 0 Å². The van der Waals surface area contributed by atoms with Crippen LogP contribution in [0.3, 0.4) is 0 Å². The van der Waals surface area contributed by atoms with Gasteiger partial charge in [-0.2, -0.15) is 0 Å². The number of diazo groups is 1. The molecule has 82 valence electrons. The van der Waals surface area contributed by atoms with Gasteiger partial charge in [0, 0.05) is 6.08 Å². The third kappa shape index (κ3) is 4.13. The van der Waals surface area contributed by atoms with Crippen LogP contribution in [0.4, 0.5) is 0 Å². The Morgan fingerprint density at radius 1 is 1.73 bits per heavy atom. The molecule has 0 aromatic heterocycles. The molecule has 0 rings (SSSR count). The fraction of sp³-hybridized carbons (Fsp3) is 0.444. The normalized spacial score (nSPS) is 13.1. The third-order valence-electron chi connectivity index (χ3n) is 1.43. The monoisotopic (exact) mass is 213 g/mol. The molecular formula is C9H13N2O4+. The Hall–Kier alpha value is -2.03. The van der Waals surface area contributed by atoms with Crippen LogP contribution in [-0.2, 0) is 14.3 Å². The summed E-state index contributed by atoms with van der Waals surface area (Å²) in [5.41, 5.74) is -0.258. The van der Waals surface area contributed by atoms with E-state index in [9.17, 15) is 9.90 Å². The summed E-state index contributed by atoms with van der Waals surface area (Å²) in [6, 6.07) is 0. The average molecular weight is 213 g/mol. The van der Waals surface area contributed by atoms with Crippen molar-refractivity contribution in [3.8, 4) is 0 Å². The molecule has 0 aliphatic heterocycles. The molecular weight excluding hydrogens is 200 g/mol. The summed E-state index contributed by atoms with van der Waals surface area (Å²) in [7, 11) is 0. The molecule has 0 aromatic rings. The molecule has 0 heterocycles. The van der Waals surface area contributed by atoms with Crippen LogP contribution in [0.15, 0.2) is 24.3 Å². The Morgan fingerprint density at radius 2 is 2.33 bits per heavy atom. The molecule has 15 heavy (non-hydrogen) atoms. The highest BCUT2D eigenvalue weighted by Gasteiger charge is 2.23. The molecule has 0 aromatic carbocycles. The number of nitrogens with zero attached hydrogens (tertiary/aromatic N) is 2. The highest BCUT2D eigenvalue weighted by Crippen LogP contribution is 2.09. The van der Waals surface area contributed by atoms with Gasteiger partial charge in [-0.25, -0.2) is 4.79 Å². The summed E-state index contributed by atoms with van der Waals surface area (Å²) in [5.74, 6) is -1.31. The summed E-state index contributed by atoms with van der Waals surface area (Å²) in [4.78, 5) is 13.8. The number of esters is 1. The van der Waals surface area contributed by atoms with Crippen molar-refractivity contribution in [1.29, 1.82) is 5.39 Å². The van der Waals surface area contributed by atoms with E-state index >= 15 is 0 Å². The van der Waals surface area contributed by atoms with Crippen LogP contribution in [-0.4, -0.2) is 23.8 Å². The van der Waals surface area contributed by atoms with Crippen LogP contribution in [0.25, 0.3) is 4.98 Å². The second kappa shape index (κ2) is 6.43. The molecule has 6 nitrogen and oxygen atoms in total. The zero-order valence-corrected chi connectivity index (χ0v) is 8.64. The van der Waals surface area contributed by atoms with Gasteiger partial charge in [-0.3, -0.25) is 0 Å². The van der Waals surface area contributed by atoms with E-state index in [4.69, 9.17) is 10.1 Å². The first-order valence-electron chi connectivity index (χ1n) is 4.30. The Balaban J connectivity index is 4.48. The number of allylic oxidation sites excluding steroid dienone is 1. The molecule has 0 saturated carbocycles. The maximum atomic E-state index is 11.1. The molecule has 0 aliphatic rings. The molecule has 6 heteroatoms. The molecule has 0 unspecified atom stereocenters. The van der Waals surface area contributed by atoms with Gasteiger partial charge in [-0.15, -0.1) is 0 Å². The quantitative estimate of drug-likeness (QED) is 0.325. The van der Waals surface area contributed by atoms with Crippen molar-refractivity contribution in [3.05, 3.63) is 29.3 Å². The summed E-state index contributed by atoms with van der Waals surface area (Å²) >= 11 is 0. The Kier molecular flexibility index (Phi) is 5.56. The number of hydrogen-bond donors (Lipinski definition) is 1. The van der Waals surface area contributed by atoms with E-state index in [1.54, 1.807) is 6.92 Å². The number of aliphatic hydroxyl groups excluding tert-OH is 1. The Morgan fingerprint density at radius 3 is 2.73 bits per heavy atom. The van der Waals surface area contributed by atoms with Crippen molar-refractivity contribution in [2.24, 2.45) is 0 Å². The van der Waals surface area contributed by atoms with E-state index in [1.807, 2.05) is 0 Å². The van der Waals surface area contributed by atoms with Crippen LogP contribution in [0.1, 0.15) is 13.8 Å². The van der Waals surface area contributed by atoms with Crippen LogP contribution < -0.4 is 0 Å². The SMILES string of the molecule is C=C/C([N+]#N)=C(\O)O[C@@H](C)C(=O)OCC. The first kappa shape index (κ1) is 13.0. The average Bonchev–Trinajstić information content (AvgIpc) is 2.19. The molecule has 0 aliphatic carbocycles. The standard InChI is InChI=1S/C9H12N2O4/c1-4-7(11-10)9(13)15-6(3)8(12)14-5-2/h4,6H,1,5H2,2-3H3/p+1/b9-7-/t6-/m0/s1. The zero-order chi connectivity index (χ0) is 11.8. The topological polar surface area (TPSA) is 83.9 Å². The number of rotatable bonds is 5. The van der Waals surface area contributed by atoms with Gasteiger partial charge in [-0.1, -0.05) is 6.58 Å². The van der Waals surface area contributed by atoms with E-state index in [-0.39, 0.29) is 12.3 Å². The van der Waals surface area contributed by atoms with Crippen molar-refractivity contribution in [1.82, 2.24) is 0 Å². The number of carbonyl (C=O) groups is 1. The van der Waals surface area contributed by atoms with Gasteiger partial charge in [0.05, 0.1) is 6.61 Å². The maximum absolute atomic E-state index is 11.1. The van der Waals surface area contributed by atoms with E-state index in [2.05, 4.69) is 16.3 Å². The van der Waals surface area contributed by atoms with E-state index in [0.29, 0.717) is 0 Å². The fourth-order valence-corrected chi connectivity index (χ4v) is 0.706. The summed E-state index contributed by atoms with van der Waals surface area (Å²) < 4.78 is 9.38. The predicted molar refractivity (Wildman–Crippen MR) is 52.1 cm³/mol. The zero-order valence-electron chi connectivity index (χ0n) is 8.64. The minimum atomic E-state index is -0.985. The maximum Gasteiger partial charge on any atom is 0.463 e. The minimum absolute atomic E-state index is 0.218. The van der Waals surface area contributed by atoms with Crippen molar-refractivity contribution < 1.29 is 19.4 Å². The fourth-order valence-electron chi connectivity index (χ4n) is 0.706.